The van der Waals surface area contributed by atoms with E-state index in [-0.39, 0.29) is 6.04 Å². The van der Waals surface area contributed by atoms with Crippen LogP contribution in [0.25, 0.3) is 0 Å². The van der Waals surface area contributed by atoms with E-state index in [2.05, 4.69) is 72.9 Å². The Labute approximate surface area is 128 Å². The Kier molecular flexibility index (Phi) is 6.45. The average molecular weight is 283 g/mol. The molecule has 2 aromatic rings. The summed E-state index contributed by atoms with van der Waals surface area (Å²) >= 11 is 0. The Balaban J connectivity index is 2.34. The molecule has 0 radical (unpaired) electrons. The summed E-state index contributed by atoms with van der Waals surface area (Å²) in [5.74, 6) is 0.305. The van der Waals surface area contributed by atoms with E-state index in [1.54, 1.807) is 0 Å². The van der Waals surface area contributed by atoms with Crippen molar-refractivity contribution in [3.63, 3.8) is 0 Å². The quantitative estimate of drug-likeness (QED) is 0.795. The molecule has 0 aliphatic rings. The third-order valence-corrected chi connectivity index (χ3v) is 3.69. The number of ether oxygens (including phenoxy) is 1. The minimum atomic E-state index is 0.278. The molecule has 2 rings (SSSR count). The highest BCUT2D eigenvalue weighted by Crippen LogP contribution is 2.28. The first-order valence-electron chi connectivity index (χ1n) is 7.77. The molecular weight excluding hydrogens is 258 g/mol. The summed E-state index contributed by atoms with van der Waals surface area (Å²) in [6.45, 7) is 6.60. The second-order valence-corrected chi connectivity index (χ2v) is 5.12. The summed E-state index contributed by atoms with van der Waals surface area (Å²) in [5, 5.41) is 3.59. The third kappa shape index (κ3) is 4.42. The number of hydrogen-bond donors (Lipinski definition) is 1. The van der Waals surface area contributed by atoms with Crippen LogP contribution in [0.3, 0.4) is 0 Å². The van der Waals surface area contributed by atoms with Gasteiger partial charge in [0.2, 0.25) is 0 Å². The summed E-state index contributed by atoms with van der Waals surface area (Å²) in [4.78, 5) is 0. The summed E-state index contributed by atoms with van der Waals surface area (Å²) in [6, 6.07) is 21.6. The Bertz CT molecular complexity index is 458. The van der Waals surface area contributed by atoms with Gasteiger partial charge in [0.05, 0.1) is 6.61 Å². The first-order chi connectivity index (χ1) is 10.4. The molecule has 0 spiro atoms. The molecule has 112 valence electrons. The fourth-order valence-corrected chi connectivity index (χ4v) is 2.76. The van der Waals surface area contributed by atoms with Crippen LogP contribution in [0.1, 0.15) is 30.9 Å². The number of benzene rings is 2. The summed E-state index contributed by atoms with van der Waals surface area (Å²) in [6.07, 6.45) is 0. The number of rotatable bonds is 8. The maximum Gasteiger partial charge on any atom is 0.0628 e. The van der Waals surface area contributed by atoms with Crippen molar-refractivity contribution in [1.82, 2.24) is 5.32 Å². The zero-order chi connectivity index (χ0) is 14.9. The van der Waals surface area contributed by atoms with Gasteiger partial charge in [-0.15, -0.1) is 0 Å². The van der Waals surface area contributed by atoms with E-state index in [0.29, 0.717) is 5.92 Å². The average Bonchev–Trinajstić information content (AvgIpc) is 2.55. The van der Waals surface area contributed by atoms with E-state index in [0.717, 1.165) is 19.8 Å². The van der Waals surface area contributed by atoms with Gasteiger partial charge in [-0.3, -0.25) is 0 Å². The summed E-state index contributed by atoms with van der Waals surface area (Å²) < 4.78 is 5.71. The van der Waals surface area contributed by atoms with Gasteiger partial charge in [0.15, 0.2) is 0 Å². The largest absolute Gasteiger partial charge is 0.380 e. The highest BCUT2D eigenvalue weighted by atomic mass is 16.5. The van der Waals surface area contributed by atoms with Crippen molar-refractivity contribution < 1.29 is 4.74 Å². The Morgan fingerprint density at radius 1 is 0.857 bits per heavy atom. The lowest BCUT2D eigenvalue weighted by Crippen LogP contribution is -2.39. The van der Waals surface area contributed by atoms with Crippen LogP contribution >= 0.6 is 0 Å². The maximum atomic E-state index is 5.71. The van der Waals surface area contributed by atoms with Crippen LogP contribution in [0.5, 0.6) is 0 Å². The predicted octanol–water partition coefficient (Wildman–Crippen LogP) is 3.83. The topological polar surface area (TPSA) is 21.3 Å². The van der Waals surface area contributed by atoms with Crippen molar-refractivity contribution in [2.24, 2.45) is 0 Å². The molecule has 2 nitrogen and oxygen atoms in total. The van der Waals surface area contributed by atoms with Crippen LogP contribution in [0, 0.1) is 0 Å². The first kappa shape index (κ1) is 15.7. The van der Waals surface area contributed by atoms with Gasteiger partial charge in [-0.1, -0.05) is 67.6 Å². The van der Waals surface area contributed by atoms with Crippen molar-refractivity contribution in [2.75, 3.05) is 19.8 Å². The lowest BCUT2D eigenvalue weighted by atomic mass is 9.85. The van der Waals surface area contributed by atoms with Crippen molar-refractivity contribution >= 4 is 0 Å². The maximum absolute atomic E-state index is 5.71. The van der Waals surface area contributed by atoms with Crippen molar-refractivity contribution in [3.8, 4) is 0 Å². The van der Waals surface area contributed by atoms with Gasteiger partial charge < -0.3 is 10.1 Å². The smallest absolute Gasteiger partial charge is 0.0628 e. The molecule has 0 aliphatic carbocycles. The van der Waals surface area contributed by atoms with Crippen LogP contribution in [-0.4, -0.2) is 25.8 Å². The molecule has 0 saturated heterocycles. The minimum absolute atomic E-state index is 0.278. The highest BCUT2D eigenvalue weighted by Gasteiger charge is 2.24. The van der Waals surface area contributed by atoms with Crippen LogP contribution in [0.15, 0.2) is 60.7 Å². The Hall–Kier alpha value is -1.64. The van der Waals surface area contributed by atoms with E-state index < -0.39 is 0 Å². The SMILES string of the molecule is CCNC(COCC)C(c1ccccc1)c1ccccc1. The molecule has 0 heterocycles. The second-order valence-electron chi connectivity index (χ2n) is 5.12. The monoisotopic (exact) mass is 283 g/mol. The molecule has 2 aromatic carbocycles. The highest BCUT2D eigenvalue weighted by molar-refractivity contribution is 5.34. The Morgan fingerprint density at radius 3 is 1.81 bits per heavy atom. The number of hydrogen-bond acceptors (Lipinski definition) is 2. The lowest BCUT2D eigenvalue weighted by molar-refractivity contribution is 0.118. The molecule has 1 atom stereocenters. The molecular formula is C19H25NO. The summed E-state index contributed by atoms with van der Waals surface area (Å²) in [7, 11) is 0. The van der Waals surface area contributed by atoms with E-state index in [1.807, 2.05) is 6.92 Å². The third-order valence-electron chi connectivity index (χ3n) is 3.69. The van der Waals surface area contributed by atoms with E-state index in [1.165, 1.54) is 11.1 Å². The predicted molar refractivity (Wildman–Crippen MR) is 88.7 cm³/mol. The molecule has 0 saturated carbocycles. The van der Waals surface area contributed by atoms with Crippen LogP contribution < -0.4 is 5.32 Å². The molecule has 0 aromatic heterocycles. The second kappa shape index (κ2) is 8.60. The Morgan fingerprint density at radius 2 is 1.38 bits per heavy atom. The van der Waals surface area contributed by atoms with E-state index >= 15 is 0 Å². The first-order valence-corrected chi connectivity index (χ1v) is 7.77. The molecule has 0 aliphatic heterocycles. The molecule has 0 amide bonds. The van der Waals surface area contributed by atoms with Crippen LogP contribution in [-0.2, 0) is 4.74 Å². The molecule has 21 heavy (non-hydrogen) atoms. The zero-order valence-corrected chi connectivity index (χ0v) is 13.0. The zero-order valence-electron chi connectivity index (χ0n) is 13.0. The van der Waals surface area contributed by atoms with Crippen LogP contribution in [0.4, 0.5) is 0 Å². The van der Waals surface area contributed by atoms with Crippen molar-refractivity contribution in [1.29, 1.82) is 0 Å². The van der Waals surface area contributed by atoms with Gasteiger partial charge in [-0.05, 0) is 24.6 Å². The fraction of sp³-hybridized carbons (Fsp3) is 0.368. The molecule has 2 heteroatoms. The van der Waals surface area contributed by atoms with Gasteiger partial charge >= 0.3 is 0 Å². The van der Waals surface area contributed by atoms with Crippen LogP contribution in [0.2, 0.25) is 0 Å². The molecule has 0 fully saturated rings. The number of nitrogens with one attached hydrogen (secondary N) is 1. The van der Waals surface area contributed by atoms with Crippen molar-refractivity contribution in [3.05, 3.63) is 71.8 Å². The van der Waals surface area contributed by atoms with Gasteiger partial charge in [0, 0.05) is 18.6 Å². The lowest BCUT2D eigenvalue weighted by Gasteiger charge is -2.28. The standard InChI is InChI=1S/C19H25NO/c1-3-20-18(15-21-4-2)19(16-11-7-5-8-12-16)17-13-9-6-10-14-17/h5-14,18-20H,3-4,15H2,1-2H3. The molecule has 1 N–H and O–H groups in total. The van der Waals surface area contributed by atoms with E-state index in [4.69, 9.17) is 4.74 Å². The van der Waals surface area contributed by atoms with E-state index in [9.17, 15) is 0 Å². The fourth-order valence-electron chi connectivity index (χ4n) is 2.76. The molecule has 0 bridgehead atoms. The van der Waals surface area contributed by atoms with Gasteiger partial charge in [-0.25, -0.2) is 0 Å². The summed E-state index contributed by atoms with van der Waals surface area (Å²) in [5.41, 5.74) is 2.66. The normalized spacial score (nSPS) is 12.5. The number of likely N-dealkylation sites (N-methyl/N-ethyl adjacent to an activating group) is 1. The van der Waals surface area contributed by atoms with Crippen molar-refractivity contribution in [2.45, 2.75) is 25.8 Å². The molecule has 1 unspecified atom stereocenters. The van der Waals surface area contributed by atoms with Gasteiger partial charge in [0.25, 0.3) is 0 Å². The van der Waals surface area contributed by atoms with Gasteiger partial charge in [-0.2, -0.15) is 0 Å². The minimum Gasteiger partial charge on any atom is -0.380 e. The van der Waals surface area contributed by atoms with Gasteiger partial charge in [0.1, 0.15) is 0 Å².